The number of aliphatic hydroxyl groups excluding tert-OH is 2. The molecular formula is C18H30O10. The molecule has 0 radical (unpaired) electrons. The first-order valence-electron chi connectivity index (χ1n) is 8.14. The molecular weight excluding hydrogens is 376 g/mol. The quantitative estimate of drug-likeness (QED) is 0.336. The fourth-order valence-electron chi connectivity index (χ4n) is 0.810. The van der Waals surface area contributed by atoms with Gasteiger partial charge in [-0.3, -0.25) is 0 Å². The van der Waals surface area contributed by atoms with E-state index in [0.29, 0.717) is 6.42 Å². The van der Waals surface area contributed by atoms with Crippen molar-refractivity contribution in [1.29, 1.82) is 0 Å². The summed E-state index contributed by atoms with van der Waals surface area (Å²) in [4.78, 5) is 41.6. The van der Waals surface area contributed by atoms with E-state index in [1.54, 1.807) is 6.92 Å². The zero-order valence-corrected chi connectivity index (χ0v) is 16.8. The molecule has 3 atom stereocenters. The van der Waals surface area contributed by atoms with Crippen LogP contribution in [-0.4, -0.2) is 69.2 Å². The molecule has 0 aliphatic carbocycles. The van der Waals surface area contributed by atoms with Crippen molar-refractivity contribution in [2.24, 2.45) is 0 Å². The van der Waals surface area contributed by atoms with Crippen molar-refractivity contribution >= 4 is 23.9 Å². The minimum absolute atomic E-state index is 0.0810. The van der Waals surface area contributed by atoms with Crippen LogP contribution in [0.25, 0.3) is 0 Å². The van der Waals surface area contributed by atoms with Crippen molar-refractivity contribution < 1.29 is 49.1 Å². The van der Waals surface area contributed by atoms with Crippen LogP contribution >= 0.6 is 0 Å². The van der Waals surface area contributed by atoms with Gasteiger partial charge in [0.15, 0.2) is 12.2 Å². The topological polar surface area (TPSA) is 168 Å². The van der Waals surface area contributed by atoms with Gasteiger partial charge in [0.05, 0.1) is 6.10 Å². The van der Waals surface area contributed by atoms with Crippen LogP contribution in [0.4, 0.5) is 0 Å². The van der Waals surface area contributed by atoms with Crippen LogP contribution in [0.2, 0.25) is 0 Å². The molecule has 0 spiro atoms. The number of hydrogen-bond acceptors (Lipinski definition) is 8. The first-order chi connectivity index (χ1) is 12.7. The molecule has 0 aliphatic rings. The van der Waals surface area contributed by atoms with Crippen molar-refractivity contribution in [3.63, 3.8) is 0 Å². The van der Waals surface area contributed by atoms with E-state index in [0.717, 1.165) is 0 Å². The molecule has 0 fully saturated rings. The zero-order valence-electron chi connectivity index (χ0n) is 16.8. The van der Waals surface area contributed by atoms with Gasteiger partial charge in [0.25, 0.3) is 0 Å². The van der Waals surface area contributed by atoms with Crippen LogP contribution < -0.4 is 0 Å². The van der Waals surface area contributed by atoms with Gasteiger partial charge >= 0.3 is 23.9 Å². The fraction of sp³-hybridized carbons (Fsp3) is 0.556. The number of aliphatic carboxylic acids is 2. The molecule has 0 rings (SSSR count). The Morgan fingerprint density at radius 2 is 1.11 bits per heavy atom. The Bertz CT molecular complexity index is 507. The normalized spacial score (nSPS) is 12.4. The molecule has 0 saturated carbocycles. The molecule has 0 saturated heterocycles. The van der Waals surface area contributed by atoms with Gasteiger partial charge in [-0.2, -0.15) is 0 Å². The molecule has 4 N–H and O–H groups in total. The van der Waals surface area contributed by atoms with Crippen LogP contribution in [0.1, 0.15) is 41.0 Å². The average molecular weight is 406 g/mol. The van der Waals surface area contributed by atoms with Crippen LogP contribution in [0.3, 0.4) is 0 Å². The first kappa shape index (κ1) is 30.0. The Labute approximate surface area is 164 Å². The summed E-state index contributed by atoms with van der Waals surface area (Å²) in [5.74, 6) is -3.70. The summed E-state index contributed by atoms with van der Waals surface area (Å²) >= 11 is 0. The smallest absolute Gasteiger partial charge is 0.344 e. The molecule has 0 aromatic heterocycles. The fourth-order valence-corrected chi connectivity index (χ4v) is 0.810. The maximum absolute atomic E-state index is 10.7. The first-order valence-corrected chi connectivity index (χ1v) is 8.14. The molecule has 0 amide bonds. The van der Waals surface area contributed by atoms with E-state index in [1.807, 2.05) is 0 Å². The number of carbonyl (C=O) groups excluding carboxylic acids is 2. The Morgan fingerprint density at radius 3 is 1.21 bits per heavy atom. The predicted molar refractivity (Wildman–Crippen MR) is 99.4 cm³/mol. The van der Waals surface area contributed by atoms with Gasteiger partial charge in [0.2, 0.25) is 0 Å². The second-order valence-corrected chi connectivity index (χ2v) is 5.69. The largest absolute Gasteiger partial charge is 0.479 e. The zero-order chi connectivity index (χ0) is 23.0. The number of ether oxygens (including phenoxy) is 2. The summed E-state index contributed by atoms with van der Waals surface area (Å²) in [7, 11) is 0. The van der Waals surface area contributed by atoms with E-state index in [9.17, 15) is 19.2 Å². The van der Waals surface area contributed by atoms with Gasteiger partial charge < -0.3 is 29.9 Å². The van der Waals surface area contributed by atoms with Crippen molar-refractivity contribution in [2.75, 3.05) is 6.61 Å². The number of aliphatic hydroxyl groups is 2. The highest BCUT2D eigenvalue weighted by Gasteiger charge is 2.16. The third kappa shape index (κ3) is 19.6. The van der Waals surface area contributed by atoms with Gasteiger partial charge in [-0.15, -0.1) is 0 Å². The van der Waals surface area contributed by atoms with Crippen LogP contribution in [0.15, 0.2) is 24.3 Å². The summed E-state index contributed by atoms with van der Waals surface area (Å²) in [5.41, 5.74) is 0.385. The van der Waals surface area contributed by atoms with Crippen LogP contribution in [0, 0.1) is 0 Å². The molecule has 0 bridgehead atoms. The summed E-state index contributed by atoms with van der Waals surface area (Å²) in [6.07, 6.45) is -2.09. The SMILES string of the molecule is C=C(C)C(=O)OC(C)C(=O)O.C=C(C)C(=O)OC(C)C(=O)O.CC(O)CCO. The molecule has 10 nitrogen and oxygen atoms in total. The summed E-state index contributed by atoms with van der Waals surface area (Å²) in [6.45, 7) is 13.8. The number of carbonyl (C=O) groups is 4. The predicted octanol–water partition coefficient (Wildman–Crippen LogP) is 0.907. The van der Waals surface area contributed by atoms with Crippen molar-refractivity contribution in [1.82, 2.24) is 0 Å². The van der Waals surface area contributed by atoms with E-state index in [2.05, 4.69) is 22.6 Å². The molecule has 0 aromatic carbocycles. The monoisotopic (exact) mass is 406 g/mol. The van der Waals surface area contributed by atoms with E-state index >= 15 is 0 Å². The third-order valence-electron chi connectivity index (χ3n) is 2.51. The molecule has 10 heteroatoms. The Morgan fingerprint density at radius 1 is 0.821 bits per heavy atom. The van der Waals surface area contributed by atoms with Gasteiger partial charge in [-0.05, 0) is 41.0 Å². The minimum Gasteiger partial charge on any atom is -0.479 e. The molecule has 28 heavy (non-hydrogen) atoms. The van der Waals surface area contributed by atoms with E-state index in [1.165, 1.54) is 27.7 Å². The summed E-state index contributed by atoms with van der Waals surface area (Å²) in [5, 5.41) is 33.1. The van der Waals surface area contributed by atoms with Crippen molar-refractivity contribution in [2.45, 2.75) is 59.4 Å². The van der Waals surface area contributed by atoms with E-state index in [4.69, 9.17) is 20.4 Å². The van der Waals surface area contributed by atoms with Crippen molar-refractivity contribution in [3.8, 4) is 0 Å². The Hall–Kier alpha value is -2.72. The van der Waals surface area contributed by atoms with Gasteiger partial charge in [-0.25, -0.2) is 19.2 Å². The molecule has 162 valence electrons. The summed E-state index contributed by atoms with van der Waals surface area (Å²) < 4.78 is 8.87. The second kappa shape index (κ2) is 16.5. The average Bonchev–Trinajstić information content (AvgIpc) is 2.55. The van der Waals surface area contributed by atoms with Crippen LogP contribution in [-0.2, 0) is 28.7 Å². The van der Waals surface area contributed by atoms with Gasteiger partial charge in [0.1, 0.15) is 0 Å². The standard InChI is InChI=1S/2C7H10O4.C4H10O2/c2*1-4(2)7(10)11-5(3)6(8)9;1-4(6)2-3-5/h2*5H,1H2,2-3H3,(H,8,9);4-6H,2-3H2,1H3. The number of hydrogen-bond donors (Lipinski definition) is 4. The lowest BCUT2D eigenvalue weighted by Crippen LogP contribution is -2.23. The highest BCUT2D eigenvalue weighted by atomic mass is 16.6. The van der Waals surface area contributed by atoms with E-state index < -0.39 is 36.1 Å². The molecule has 0 aliphatic heterocycles. The van der Waals surface area contributed by atoms with Gasteiger partial charge in [0, 0.05) is 17.8 Å². The third-order valence-corrected chi connectivity index (χ3v) is 2.51. The number of esters is 2. The lowest BCUT2D eigenvalue weighted by molar-refractivity contribution is -0.159. The highest BCUT2D eigenvalue weighted by molar-refractivity contribution is 5.89. The lowest BCUT2D eigenvalue weighted by atomic mass is 10.3. The number of carboxylic acid groups (broad SMARTS) is 2. The number of rotatable bonds is 8. The molecule has 3 unspecified atom stereocenters. The summed E-state index contributed by atoms with van der Waals surface area (Å²) in [6, 6.07) is 0. The van der Waals surface area contributed by atoms with Gasteiger partial charge in [-0.1, -0.05) is 13.2 Å². The maximum atomic E-state index is 10.7. The maximum Gasteiger partial charge on any atom is 0.344 e. The second-order valence-electron chi connectivity index (χ2n) is 5.69. The van der Waals surface area contributed by atoms with Crippen molar-refractivity contribution in [3.05, 3.63) is 24.3 Å². The minimum atomic E-state index is -1.17. The lowest BCUT2D eigenvalue weighted by Gasteiger charge is -2.07. The number of carboxylic acids is 2. The van der Waals surface area contributed by atoms with E-state index in [-0.39, 0.29) is 23.9 Å². The molecule has 0 heterocycles. The highest BCUT2D eigenvalue weighted by Crippen LogP contribution is 1.98. The van der Waals surface area contributed by atoms with Crippen LogP contribution in [0.5, 0.6) is 0 Å². The molecule has 0 aromatic rings. The Kier molecular flexibility index (Phi) is 17.6. The Balaban J connectivity index is -0.000000351.